The SMILES string of the molecule is Cc1cc(C2c3ccc4cccnc4c3NSN2C)ccc1F. The van der Waals surface area contributed by atoms with E-state index >= 15 is 0 Å². The minimum Gasteiger partial charge on any atom is -0.314 e. The number of aromatic nitrogens is 1. The van der Waals surface area contributed by atoms with Crippen molar-refractivity contribution in [2.75, 3.05) is 11.8 Å². The van der Waals surface area contributed by atoms with Crippen LogP contribution < -0.4 is 4.72 Å². The fraction of sp³-hybridized carbons (Fsp3) is 0.167. The maximum absolute atomic E-state index is 13.6. The normalized spacial score (nSPS) is 17.8. The molecular weight excluding hydrogens is 309 g/mol. The molecule has 23 heavy (non-hydrogen) atoms. The summed E-state index contributed by atoms with van der Waals surface area (Å²) in [5.74, 6) is -0.168. The second kappa shape index (κ2) is 5.51. The van der Waals surface area contributed by atoms with Gasteiger partial charge in [-0.05, 0) is 30.2 Å². The van der Waals surface area contributed by atoms with Crippen molar-refractivity contribution in [3.8, 4) is 0 Å². The van der Waals surface area contributed by atoms with E-state index in [1.807, 2.05) is 31.4 Å². The molecule has 4 rings (SSSR count). The summed E-state index contributed by atoms with van der Waals surface area (Å²) in [7, 11) is 2.03. The van der Waals surface area contributed by atoms with Gasteiger partial charge in [0.15, 0.2) is 0 Å². The molecule has 116 valence electrons. The van der Waals surface area contributed by atoms with E-state index in [1.54, 1.807) is 13.0 Å². The van der Waals surface area contributed by atoms with Crippen molar-refractivity contribution in [3.63, 3.8) is 0 Å². The van der Waals surface area contributed by atoms with Gasteiger partial charge >= 0.3 is 0 Å². The van der Waals surface area contributed by atoms with Crippen LogP contribution in [0.15, 0.2) is 48.7 Å². The highest BCUT2D eigenvalue weighted by Crippen LogP contribution is 2.44. The predicted octanol–water partition coefficient (Wildman–Crippen LogP) is 4.69. The summed E-state index contributed by atoms with van der Waals surface area (Å²) < 4.78 is 19.2. The molecule has 2 aromatic carbocycles. The summed E-state index contributed by atoms with van der Waals surface area (Å²) in [4.78, 5) is 4.52. The fourth-order valence-electron chi connectivity index (χ4n) is 3.09. The number of pyridine rings is 1. The van der Waals surface area contributed by atoms with Crippen molar-refractivity contribution in [2.45, 2.75) is 13.0 Å². The second-order valence-electron chi connectivity index (χ2n) is 5.76. The lowest BCUT2D eigenvalue weighted by Crippen LogP contribution is -2.26. The van der Waals surface area contributed by atoms with E-state index in [2.05, 4.69) is 32.2 Å². The Labute approximate surface area is 138 Å². The van der Waals surface area contributed by atoms with Crippen LogP contribution in [0, 0.1) is 12.7 Å². The van der Waals surface area contributed by atoms with Gasteiger partial charge in [-0.3, -0.25) is 4.98 Å². The van der Waals surface area contributed by atoms with Gasteiger partial charge in [0.2, 0.25) is 0 Å². The minimum atomic E-state index is -0.168. The standard InChI is InChI=1S/C18H16FN3S/c1-11-10-13(6-8-15(11)19)18-14-7-5-12-4-3-9-20-16(12)17(14)21-23-22(18)2/h3-10,18,21H,1-2H3. The lowest BCUT2D eigenvalue weighted by molar-refractivity contribution is 0.478. The summed E-state index contributed by atoms with van der Waals surface area (Å²) in [6.07, 6.45) is 1.81. The topological polar surface area (TPSA) is 28.2 Å². The Hall–Kier alpha value is -2.11. The van der Waals surface area contributed by atoms with E-state index in [1.165, 1.54) is 12.1 Å². The van der Waals surface area contributed by atoms with E-state index in [4.69, 9.17) is 0 Å². The number of hydrogen-bond acceptors (Lipinski definition) is 4. The lowest BCUT2D eigenvalue weighted by atomic mass is 9.94. The van der Waals surface area contributed by atoms with Crippen LogP contribution in [0.1, 0.15) is 22.7 Å². The van der Waals surface area contributed by atoms with Crippen molar-refractivity contribution in [1.29, 1.82) is 0 Å². The first-order valence-corrected chi connectivity index (χ1v) is 8.22. The summed E-state index contributed by atoms with van der Waals surface area (Å²) in [6, 6.07) is 13.6. The van der Waals surface area contributed by atoms with Gasteiger partial charge in [-0.25, -0.2) is 8.70 Å². The zero-order valence-corrected chi connectivity index (χ0v) is 13.7. The molecular formula is C18H16FN3S. The van der Waals surface area contributed by atoms with Gasteiger partial charge in [0.25, 0.3) is 0 Å². The molecule has 0 fully saturated rings. The zero-order valence-electron chi connectivity index (χ0n) is 12.9. The van der Waals surface area contributed by atoms with Crippen molar-refractivity contribution in [2.24, 2.45) is 0 Å². The van der Waals surface area contributed by atoms with Crippen molar-refractivity contribution in [3.05, 3.63) is 71.2 Å². The molecule has 0 saturated carbocycles. The number of nitrogens with one attached hydrogen (secondary N) is 1. The van der Waals surface area contributed by atoms with E-state index in [9.17, 15) is 4.39 Å². The Morgan fingerprint density at radius 1 is 1.22 bits per heavy atom. The number of rotatable bonds is 1. The molecule has 1 aliphatic rings. The average molecular weight is 325 g/mol. The van der Waals surface area contributed by atoms with E-state index in [-0.39, 0.29) is 11.9 Å². The Balaban J connectivity index is 1.92. The molecule has 1 aromatic heterocycles. The summed E-state index contributed by atoms with van der Waals surface area (Å²) in [5.41, 5.74) is 4.91. The molecule has 3 aromatic rings. The van der Waals surface area contributed by atoms with E-state index < -0.39 is 0 Å². The Bertz CT molecular complexity index is 897. The molecule has 1 N–H and O–H groups in total. The average Bonchev–Trinajstić information content (AvgIpc) is 2.57. The molecule has 0 amide bonds. The van der Waals surface area contributed by atoms with Crippen LogP contribution in [0.2, 0.25) is 0 Å². The number of hydrogen-bond donors (Lipinski definition) is 1. The van der Waals surface area contributed by atoms with Gasteiger partial charge in [-0.15, -0.1) is 0 Å². The molecule has 1 atom stereocenters. The molecule has 3 nitrogen and oxygen atoms in total. The Morgan fingerprint density at radius 3 is 2.91 bits per heavy atom. The first-order chi connectivity index (χ1) is 11.1. The largest absolute Gasteiger partial charge is 0.314 e. The van der Waals surface area contributed by atoms with Crippen LogP contribution in [-0.2, 0) is 0 Å². The number of fused-ring (bicyclic) bond motifs is 3. The van der Waals surface area contributed by atoms with Gasteiger partial charge in [0.05, 0.1) is 17.2 Å². The number of aryl methyl sites for hydroxylation is 1. The first-order valence-electron chi connectivity index (χ1n) is 7.44. The first kappa shape index (κ1) is 14.5. The van der Waals surface area contributed by atoms with Crippen molar-refractivity contribution in [1.82, 2.24) is 9.29 Å². The number of nitrogens with zero attached hydrogens (tertiary/aromatic N) is 2. The molecule has 5 heteroatoms. The fourth-order valence-corrected chi connectivity index (χ4v) is 3.88. The second-order valence-corrected chi connectivity index (χ2v) is 6.72. The summed E-state index contributed by atoms with van der Waals surface area (Å²) >= 11 is 1.54. The molecule has 0 aliphatic carbocycles. The van der Waals surface area contributed by atoms with Crippen molar-refractivity contribution >= 4 is 28.7 Å². The van der Waals surface area contributed by atoms with Crippen LogP contribution in [0.25, 0.3) is 10.9 Å². The quantitative estimate of drug-likeness (QED) is 0.657. The highest BCUT2D eigenvalue weighted by atomic mass is 32.2. The minimum absolute atomic E-state index is 0.0574. The Morgan fingerprint density at radius 2 is 2.09 bits per heavy atom. The zero-order chi connectivity index (χ0) is 16.0. The maximum atomic E-state index is 13.6. The van der Waals surface area contributed by atoms with Gasteiger partial charge in [0.1, 0.15) is 5.82 Å². The van der Waals surface area contributed by atoms with Crippen LogP contribution in [0.4, 0.5) is 10.1 Å². The number of benzene rings is 2. The molecule has 0 saturated heterocycles. The van der Waals surface area contributed by atoms with Crippen LogP contribution in [0.5, 0.6) is 0 Å². The smallest absolute Gasteiger partial charge is 0.126 e. The van der Waals surface area contributed by atoms with E-state index in [0.717, 1.165) is 27.7 Å². The third-order valence-electron chi connectivity index (χ3n) is 4.25. The summed E-state index contributed by atoms with van der Waals surface area (Å²) in [5, 5.41) is 1.11. The van der Waals surface area contributed by atoms with Gasteiger partial charge < -0.3 is 4.72 Å². The van der Waals surface area contributed by atoms with E-state index in [0.29, 0.717) is 5.56 Å². The molecule has 0 bridgehead atoms. The monoisotopic (exact) mass is 325 g/mol. The predicted molar refractivity (Wildman–Crippen MR) is 93.7 cm³/mol. The number of halogens is 1. The molecule has 1 aliphatic heterocycles. The molecule has 0 spiro atoms. The third-order valence-corrected chi connectivity index (χ3v) is 5.05. The summed E-state index contributed by atoms with van der Waals surface area (Å²) in [6.45, 7) is 1.80. The van der Waals surface area contributed by atoms with Crippen LogP contribution >= 0.6 is 12.1 Å². The Kier molecular flexibility index (Phi) is 3.47. The molecule has 0 radical (unpaired) electrons. The molecule has 2 heterocycles. The van der Waals surface area contributed by atoms with Crippen LogP contribution in [-0.4, -0.2) is 16.3 Å². The van der Waals surface area contributed by atoms with Gasteiger partial charge in [-0.1, -0.05) is 30.3 Å². The van der Waals surface area contributed by atoms with Crippen molar-refractivity contribution < 1.29 is 4.39 Å². The molecule has 1 unspecified atom stereocenters. The maximum Gasteiger partial charge on any atom is 0.126 e. The van der Waals surface area contributed by atoms with Crippen LogP contribution in [0.3, 0.4) is 0 Å². The lowest BCUT2D eigenvalue weighted by Gasteiger charge is -2.34. The third kappa shape index (κ3) is 2.36. The highest BCUT2D eigenvalue weighted by Gasteiger charge is 2.29. The highest BCUT2D eigenvalue weighted by molar-refractivity contribution is 7.98. The number of anilines is 1. The van der Waals surface area contributed by atoms with Gasteiger partial charge in [0, 0.05) is 36.3 Å². The van der Waals surface area contributed by atoms with Gasteiger partial charge in [-0.2, -0.15) is 0 Å².